The summed E-state index contributed by atoms with van der Waals surface area (Å²) in [4.78, 5) is 0. The molecule has 0 atom stereocenters. The summed E-state index contributed by atoms with van der Waals surface area (Å²) in [5.41, 5.74) is 5.55. The van der Waals surface area contributed by atoms with Crippen LogP contribution in [0, 0.1) is 0 Å². The van der Waals surface area contributed by atoms with E-state index in [9.17, 15) is 0 Å². The molecule has 0 unspecified atom stereocenters. The van der Waals surface area contributed by atoms with Gasteiger partial charge < -0.3 is 0 Å². The maximum absolute atomic E-state index is 5.93. The van der Waals surface area contributed by atoms with E-state index in [4.69, 9.17) is 23.2 Å². The fourth-order valence-corrected chi connectivity index (χ4v) is 2.77. The largest absolute Gasteiger partial charge is 0.122 e. The number of alkyl halides is 2. The Balaban J connectivity index is 2.50. The van der Waals surface area contributed by atoms with Gasteiger partial charge in [-0.3, -0.25) is 0 Å². The molecule has 1 aliphatic rings. The molecular formula is C12H14Cl2. The lowest BCUT2D eigenvalue weighted by atomic mass is 9.86. The molecule has 14 heavy (non-hydrogen) atoms. The van der Waals surface area contributed by atoms with Gasteiger partial charge >= 0.3 is 0 Å². The van der Waals surface area contributed by atoms with Gasteiger partial charge in [0.2, 0.25) is 0 Å². The van der Waals surface area contributed by atoms with E-state index in [0.717, 1.165) is 0 Å². The smallest absolute Gasteiger partial charge is 0.0476 e. The van der Waals surface area contributed by atoms with Crippen LogP contribution >= 0.6 is 23.2 Å². The highest BCUT2D eigenvalue weighted by molar-refractivity contribution is 6.17. The van der Waals surface area contributed by atoms with Crippen LogP contribution in [0.15, 0.2) is 12.1 Å². The maximum atomic E-state index is 5.93. The van der Waals surface area contributed by atoms with Gasteiger partial charge in [-0.15, -0.1) is 23.2 Å². The third kappa shape index (κ3) is 1.78. The Bertz CT molecular complexity index is 298. The number of halogens is 2. The first-order valence-corrected chi connectivity index (χ1v) is 6.18. The predicted octanol–water partition coefficient (Wildman–Crippen LogP) is 4.04. The second-order valence-corrected chi connectivity index (χ2v) is 4.35. The Hall–Kier alpha value is -0.200. The Morgan fingerprint density at radius 3 is 1.64 bits per heavy atom. The second-order valence-electron chi connectivity index (χ2n) is 3.82. The summed E-state index contributed by atoms with van der Waals surface area (Å²) in [6.45, 7) is 0. The lowest BCUT2D eigenvalue weighted by Gasteiger charge is -2.21. The highest BCUT2D eigenvalue weighted by Gasteiger charge is 2.15. The van der Waals surface area contributed by atoms with Crippen molar-refractivity contribution in [1.82, 2.24) is 0 Å². The number of benzene rings is 1. The molecule has 0 amide bonds. The van der Waals surface area contributed by atoms with Crippen LogP contribution in [0.2, 0.25) is 0 Å². The highest BCUT2D eigenvalue weighted by Crippen LogP contribution is 2.29. The lowest BCUT2D eigenvalue weighted by molar-refractivity contribution is 0.677. The Morgan fingerprint density at radius 2 is 1.29 bits per heavy atom. The molecule has 0 spiro atoms. The summed E-state index contributed by atoms with van der Waals surface area (Å²) in [5, 5.41) is 0. The summed E-state index contributed by atoms with van der Waals surface area (Å²) in [6, 6.07) is 4.27. The number of rotatable bonds is 2. The second kappa shape index (κ2) is 4.55. The molecule has 0 heterocycles. The predicted molar refractivity (Wildman–Crippen MR) is 62.2 cm³/mol. The molecule has 0 aromatic heterocycles. The quantitative estimate of drug-likeness (QED) is 0.671. The van der Waals surface area contributed by atoms with Gasteiger partial charge in [-0.05, 0) is 47.9 Å². The monoisotopic (exact) mass is 228 g/mol. The first-order chi connectivity index (χ1) is 6.86. The molecule has 1 aliphatic carbocycles. The van der Waals surface area contributed by atoms with Crippen molar-refractivity contribution < 1.29 is 0 Å². The molecule has 0 saturated heterocycles. The van der Waals surface area contributed by atoms with Crippen LogP contribution in [-0.4, -0.2) is 0 Å². The van der Waals surface area contributed by atoms with Gasteiger partial charge in [0.15, 0.2) is 0 Å². The van der Waals surface area contributed by atoms with Crippen LogP contribution in [0.5, 0.6) is 0 Å². The first kappa shape index (κ1) is 10.3. The lowest BCUT2D eigenvalue weighted by Crippen LogP contribution is -2.08. The van der Waals surface area contributed by atoms with Crippen molar-refractivity contribution in [1.29, 1.82) is 0 Å². The maximum Gasteiger partial charge on any atom is 0.0476 e. The van der Waals surface area contributed by atoms with Crippen LogP contribution in [0.4, 0.5) is 0 Å². The Kier molecular flexibility index (Phi) is 3.35. The van der Waals surface area contributed by atoms with E-state index in [1.165, 1.54) is 47.9 Å². The number of hydrogen-bond acceptors (Lipinski definition) is 0. The molecule has 76 valence electrons. The third-order valence-electron chi connectivity index (χ3n) is 3.02. The summed E-state index contributed by atoms with van der Waals surface area (Å²) < 4.78 is 0. The van der Waals surface area contributed by atoms with Gasteiger partial charge in [0, 0.05) is 11.8 Å². The summed E-state index contributed by atoms with van der Waals surface area (Å²) in [6.07, 6.45) is 4.95. The van der Waals surface area contributed by atoms with E-state index in [2.05, 4.69) is 12.1 Å². The van der Waals surface area contributed by atoms with Crippen LogP contribution in [-0.2, 0) is 24.6 Å². The fourth-order valence-electron chi connectivity index (χ4n) is 2.27. The van der Waals surface area contributed by atoms with Gasteiger partial charge in [-0.25, -0.2) is 0 Å². The summed E-state index contributed by atoms with van der Waals surface area (Å²) in [5.74, 6) is 1.26. The first-order valence-electron chi connectivity index (χ1n) is 5.11. The van der Waals surface area contributed by atoms with Crippen molar-refractivity contribution in [2.75, 3.05) is 0 Å². The fraction of sp³-hybridized carbons (Fsp3) is 0.500. The molecule has 0 N–H and O–H groups in total. The zero-order chi connectivity index (χ0) is 9.97. The SMILES string of the molecule is ClCc1ccc(CCl)c2c1CCCC2. The summed E-state index contributed by atoms with van der Waals surface area (Å²) in [7, 11) is 0. The van der Waals surface area contributed by atoms with Crippen molar-refractivity contribution >= 4 is 23.2 Å². The molecule has 2 heteroatoms. The van der Waals surface area contributed by atoms with Crippen molar-refractivity contribution in [3.63, 3.8) is 0 Å². The van der Waals surface area contributed by atoms with Gasteiger partial charge in [0.25, 0.3) is 0 Å². The van der Waals surface area contributed by atoms with Gasteiger partial charge in [0.1, 0.15) is 0 Å². The molecule has 0 saturated carbocycles. The van der Waals surface area contributed by atoms with Crippen LogP contribution in [0.1, 0.15) is 35.1 Å². The zero-order valence-corrected chi connectivity index (χ0v) is 9.67. The topological polar surface area (TPSA) is 0 Å². The van der Waals surface area contributed by atoms with Crippen molar-refractivity contribution in [3.8, 4) is 0 Å². The van der Waals surface area contributed by atoms with Gasteiger partial charge in [-0.2, -0.15) is 0 Å². The molecule has 1 aromatic carbocycles. The summed E-state index contributed by atoms with van der Waals surface area (Å²) >= 11 is 11.9. The van der Waals surface area contributed by atoms with Crippen molar-refractivity contribution in [2.45, 2.75) is 37.4 Å². The normalized spacial score (nSPS) is 15.3. The number of hydrogen-bond donors (Lipinski definition) is 0. The van der Waals surface area contributed by atoms with Crippen LogP contribution in [0.25, 0.3) is 0 Å². The molecule has 0 aliphatic heterocycles. The Labute approximate surface area is 95.2 Å². The van der Waals surface area contributed by atoms with Crippen LogP contribution in [0.3, 0.4) is 0 Å². The van der Waals surface area contributed by atoms with Crippen molar-refractivity contribution in [3.05, 3.63) is 34.4 Å². The van der Waals surface area contributed by atoms with E-state index < -0.39 is 0 Å². The molecule has 1 aromatic rings. The van der Waals surface area contributed by atoms with Gasteiger partial charge in [-0.1, -0.05) is 12.1 Å². The number of fused-ring (bicyclic) bond motifs is 1. The zero-order valence-electron chi connectivity index (χ0n) is 8.15. The minimum absolute atomic E-state index is 0.630. The highest BCUT2D eigenvalue weighted by atomic mass is 35.5. The minimum atomic E-state index is 0.630. The van der Waals surface area contributed by atoms with Crippen molar-refractivity contribution in [2.24, 2.45) is 0 Å². The van der Waals surface area contributed by atoms with Crippen LogP contribution < -0.4 is 0 Å². The van der Waals surface area contributed by atoms with E-state index in [1.807, 2.05) is 0 Å². The molecule has 0 bridgehead atoms. The van der Waals surface area contributed by atoms with Gasteiger partial charge in [0.05, 0.1) is 0 Å². The third-order valence-corrected chi connectivity index (χ3v) is 3.59. The molecule has 2 rings (SSSR count). The van der Waals surface area contributed by atoms with E-state index in [1.54, 1.807) is 0 Å². The van der Waals surface area contributed by atoms with E-state index in [-0.39, 0.29) is 0 Å². The average molecular weight is 229 g/mol. The minimum Gasteiger partial charge on any atom is -0.122 e. The molecule has 0 nitrogen and oxygen atoms in total. The molecule has 0 fully saturated rings. The van der Waals surface area contributed by atoms with E-state index in [0.29, 0.717) is 11.8 Å². The van der Waals surface area contributed by atoms with E-state index >= 15 is 0 Å². The standard InChI is InChI=1S/C12H14Cl2/c13-7-9-5-6-10(8-14)12-4-2-1-3-11(9)12/h5-6H,1-4,7-8H2. The Morgan fingerprint density at radius 1 is 0.857 bits per heavy atom. The molecule has 0 radical (unpaired) electrons. The average Bonchev–Trinajstić information content (AvgIpc) is 2.27. The molecular weight excluding hydrogens is 215 g/mol.